The molecule has 1 fully saturated rings. The Balaban J connectivity index is 1.87. The van der Waals surface area contributed by atoms with Crippen LogP contribution in [0.15, 0.2) is 21.6 Å². The van der Waals surface area contributed by atoms with Gasteiger partial charge in [-0.1, -0.05) is 0 Å². The molecule has 8 nitrogen and oxygen atoms in total. The molecule has 0 unspecified atom stereocenters. The van der Waals surface area contributed by atoms with E-state index in [1.54, 1.807) is 25.7 Å². The van der Waals surface area contributed by atoms with E-state index in [4.69, 9.17) is 10.5 Å². The molecular formula is C14H21BrN4O4S. The van der Waals surface area contributed by atoms with Crippen LogP contribution in [0.25, 0.3) is 0 Å². The van der Waals surface area contributed by atoms with Crippen molar-refractivity contribution in [2.24, 2.45) is 5.92 Å². The lowest BCUT2D eigenvalue weighted by Gasteiger charge is -2.39. The highest BCUT2D eigenvalue weighted by atomic mass is 79.9. The van der Waals surface area contributed by atoms with Crippen LogP contribution in [0.1, 0.15) is 20.8 Å². The molecular weight excluding hydrogens is 400 g/mol. The average Bonchev–Trinajstić information content (AvgIpc) is 2.37. The topological polar surface area (TPSA) is 115 Å². The second kappa shape index (κ2) is 6.85. The Labute approximate surface area is 149 Å². The second-order valence-corrected chi connectivity index (χ2v) is 9.29. The van der Waals surface area contributed by atoms with E-state index in [2.05, 4.69) is 25.6 Å². The van der Waals surface area contributed by atoms with E-state index < -0.39 is 15.6 Å². The van der Waals surface area contributed by atoms with Crippen molar-refractivity contribution in [1.82, 2.24) is 14.6 Å². The molecule has 0 spiro atoms. The number of aromatic nitrogens is 1. The number of anilines is 1. The summed E-state index contributed by atoms with van der Waals surface area (Å²) >= 11 is 3.17. The number of sulfonamides is 1. The predicted molar refractivity (Wildman–Crippen MR) is 92.8 cm³/mol. The van der Waals surface area contributed by atoms with Crippen LogP contribution in [0, 0.1) is 5.92 Å². The van der Waals surface area contributed by atoms with Crippen molar-refractivity contribution in [3.8, 4) is 0 Å². The molecule has 0 atom stereocenters. The first-order valence-corrected chi connectivity index (χ1v) is 9.64. The first-order chi connectivity index (χ1) is 11.0. The molecule has 0 bridgehead atoms. The van der Waals surface area contributed by atoms with Crippen molar-refractivity contribution in [3.63, 3.8) is 0 Å². The highest BCUT2D eigenvalue weighted by Gasteiger charge is 2.34. The third-order valence-electron chi connectivity index (χ3n) is 3.31. The number of amides is 1. The van der Waals surface area contributed by atoms with E-state index in [1.807, 2.05) is 0 Å². The minimum Gasteiger partial charge on any atom is -0.444 e. The Bertz CT molecular complexity index is 727. The SMILES string of the molecule is CC(C)(C)OC(=O)N1CC(CNS(=O)(=O)c2cc(Br)cnc2N)C1. The molecule has 1 aliphatic rings. The van der Waals surface area contributed by atoms with Crippen LogP contribution in [0.3, 0.4) is 0 Å². The molecule has 0 saturated carbocycles. The van der Waals surface area contributed by atoms with E-state index in [0.717, 1.165) is 0 Å². The third kappa shape index (κ3) is 4.81. The van der Waals surface area contributed by atoms with Gasteiger partial charge in [-0.15, -0.1) is 0 Å². The number of likely N-dealkylation sites (tertiary alicyclic amines) is 1. The number of nitrogens with one attached hydrogen (secondary N) is 1. The minimum atomic E-state index is -3.75. The van der Waals surface area contributed by atoms with Crippen LogP contribution < -0.4 is 10.5 Å². The molecule has 1 aromatic heterocycles. The zero-order valence-corrected chi connectivity index (χ0v) is 16.1. The van der Waals surface area contributed by atoms with Crippen LogP contribution >= 0.6 is 15.9 Å². The van der Waals surface area contributed by atoms with Crippen molar-refractivity contribution >= 4 is 37.9 Å². The van der Waals surface area contributed by atoms with Gasteiger partial charge in [0.15, 0.2) is 0 Å². The lowest BCUT2D eigenvalue weighted by Crippen LogP contribution is -2.54. The molecule has 24 heavy (non-hydrogen) atoms. The Hall–Kier alpha value is -1.39. The maximum Gasteiger partial charge on any atom is 0.410 e. The number of pyridine rings is 1. The number of ether oxygens (including phenoxy) is 1. The summed E-state index contributed by atoms with van der Waals surface area (Å²) in [6, 6.07) is 1.40. The minimum absolute atomic E-state index is 0.0358. The number of hydrogen-bond acceptors (Lipinski definition) is 6. The maximum absolute atomic E-state index is 12.3. The Morgan fingerprint density at radius 2 is 2.12 bits per heavy atom. The fourth-order valence-electron chi connectivity index (χ4n) is 2.13. The molecule has 134 valence electrons. The Kier molecular flexibility index (Phi) is 5.41. The van der Waals surface area contributed by atoms with Crippen molar-refractivity contribution in [1.29, 1.82) is 0 Å². The monoisotopic (exact) mass is 420 g/mol. The van der Waals surface area contributed by atoms with E-state index in [-0.39, 0.29) is 29.3 Å². The van der Waals surface area contributed by atoms with Gasteiger partial charge in [-0.25, -0.2) is 22.9 Å². The van der Waals surface area contributed by atoms with Crippen LogP contribution in [-0.2, 0) is 14.8 Å². The number of carbonyl (C=O) groups is 1. The fourth-order valence-corrected chi connectivity index (χ4v) is 3.83. The molecule has 3 N–H and O–H groups in total. The molecule has 1 aromatic rings. The van der Waals surface area contributed by atoms with Gasteiger partial charge < -0.3 is 15.4 Å². The number of hydrogen-bond donors (Lipinski definition) is 2. The van der Waals surface area contributed by atoms with Crippen molar-refractivity contribution < 1.29 is 17.9 Å². The zero-order chi connectivity index (χ0) is 18.1. The fraction of sp³-hybridized carbons (Fsp3) is 0.571. The summed E-state index contributed by atoms with van der Waals surface area (Å²) in [5.74, 6) is -0.0247. The summed E-state index contributed by atoms with van der Waals surface area (Å²) in [6.45, 7) is 6.51. The molecule has 1 saturated heterocycles. The first kappa shape index (κ1) is 18.9. The van der Waals surface area contributed by atoms with Gasteiger partial charge in [0.2, 0.25) is 10.0 Å². The normalized spacial score (nSPS) is 15.9. The van der Waals surface area contributed by atoms with E-state index >= 15 is 0 Å². The van der Waals surface area contributed by atoms with Crippen LogP contribution in [0.5, 0.6) is 0 Å². The van der Waals surface area contributed by atoms with E-state index in [1.165, 1.54) is 12.3 Å². The van der Waals surface area contributed by atoms with Gasteiger partial charge in [0.05, 0.1) is 0 Å². The molecule has 0 radical (unpaired) electrons. The van der Waals surface area contributed by atoms with Gasteiger partial charge >= 0.3 is 6.09 Å². The molecule has 2 rings (SSSR count). The number of rotatable bonds is 4. The van der Waals surface area contributed by atoms with Gasteiger partial charge in [0.1, 0.15) is 16.3 Å². The van der Waals surface area contributed by atoms with Crippen molar-refractivity contribution in [2.75, 3.05) is 25.4 Å². The second-order valence-electron chi connectivity index (χ2n) is 6.64. The number of nitrogens with two attached hydrogens (primary N) is 1. The van der Waals surface area contributed by atoms with Crippen LogP contribution in [0.4, 0.5) is 10.6 Å². The molecule has 1 aliphatic heterocycles. The van der Waals surface area contributed by atoms with Gasteiger partial charge in [-0.3, -0.25) is 0 Å². The summed E-state index contributed by atoms with van der Waals surface area (Å²) in [4.78, 5) is 17.1. The lowest BCUT2D eigenvalue weighted by molar-refractivity contribution is -0.0000757. The zero-order valence-electron chi connectivity index (χ0n) is 13.7. The third-order valence-corrected chi connectivity index (χ3v) is 5.20. The van der Waals surface area contributed by atoms with E-state index in [9.17, 15) is 13.2 Å². The predicted octanol–water partition coefficient (Wildman–Crippen LogP) is 1.57. The molecule has 10 heteroatoms. The largest absolute Gasteiger partial charge is 0.444 e. The summed E-state index contributed by atoms with van der Waals surface area (Å²) in [5, 5.41) is 0. The first-order valence-electron chi connectivity index (χ1n) is 7.36. The number of nitrogens with zero attached hydrogens (tertiary/aromatic N) is 2. The lowest BCUT2D eigenvalue weighted by atomic mass is 10.0. The summed E-state index contributed by atoms with van der Waals surface area (Å²) < 4.78 is 32.9. The average molecular weight is 421 g/mol. The van der Waals surface area contributed by atoms with Gasteiger partial charge in [-0.05, 0) is 42.8 Å². The Morgan fingerprint density at radius 1 is 1.50 bits per heavy atom. The molecule has 1 amide bonds. The number of carbonyl (C=O) groups excluding carboxylic acids is 1. The number of halogens is 1. The Morgan fingerprint density at radius 3 is 2.71 bits per heavy atom. The quantitative estimate of drug-likeness (QED) is 0.763. The van der Waals surface area contributed by atoms with Crippen LogP contribution in [-0.4, -0.2) is 49.6 Å². The molecule has 2 heterocycles. The molecule has 0 aromatic carbocycles. The smallest absolute Gasteiger partial charge is 0.410 e. The molecule has 0 aliphatic carbocycles. The standard InChI is InChI=1S/C14H21BrN4O4S/c1-14(2,3)23-13(20)19-7-9(8-19)5-18-24(21,22)11-4-10(15)6-17-12(11)16/h4,6,9,18H,5,7-8H2,1-3H3,(H2,16,17). The van der Waals surface area contributed by atoms with Gasteiger partial charge in [0, 0.05) is 36.2 Å². The van der Waals surface area contributed by atoms with Gasteiger partial charge in [-0.2, -0.15) is 0 Å². The van der Waals surface area contributed by atoms with Crippen molar-refractivity contribution in [2.45, 2.75) is 31.3 Å². The van der Waals surface area contributed by atoms with Crippen molar-refractivity contribution in [3.05, 3.63) is 16.7 Å². The highest BCUT2D eigenvalue weighted by Crippen LogP contribution is 2.22. The summed E-state index contributed by atoms with van der Waals surface area (Å²) in [5.41, 5.74) is 5.08. The number of nitrogen functional groups attached to an aromatic ring is 1. The summed E-state index contributed by atoms with van der Waals surface area (Å²) in [6.07, 6.45) is 1.04. The summed E-state index contributed by atoms with van der Waals surface area (Å²) in [7, 11) is -3.75. The highest BCUT2D eigenvalue weighted by molar-refractivity contribution is 9.10. The van der Waals surface area contributed by atoms with Crippen LogP contribution in [0.2, 0.25) is 0 Å². The maximum atomic E-state index is 12.3. The van der Waals surface area contributed by atoms with E-state index in [0.29, 0.717) is 17.6 Å². The van der Waals surface area contributed by atoms with Gasteiger partial charge in [0.25, 0.3) is 0 Å².